The van der Waals surface area contributed by atoms with Crippen LogP contribution in [-0.4, -0.2) is 27.1 Å². The summed E-state index contributed by atoms with van der Waals surface area (Å²) in [6.07, 6.45) is 1.63. The van der Waals surface area contributed by atoms with Crippen molar-refractivity contribution in [3.05, 3.63) is 15.1 Å². The number of carbonyl (C=O) groups is 1. The average Bonchev–Trinajstić information content (AvgIpc) is 2.21. The Morgan fingerprint density at radius 2 is 2.29 bits per heavy atom. The van der Waals surface area contributed by atoms with Crippen LogP contribution in [0.2, 0.25) is 5.28 Å². The number of hydrogen-bond acceptors (Lipinski definition) is 4. The number of anilines is 1. The third kappa shape index (κ3) is 4.63. The number of hydrogen-bond donors (Lipinski definition) is 2. The van der Waals surface area contributed by atoms with Gasteiger partial charge in [0.25, 0.3) is 0 Å². The van der Waals surface area contributed by atoms with E-state index in [1.165, 1.54) is 0 Å². The van der Waals surface area contributed by atoms with Gasteiger partial charge in [-0.15, -0.1) is 0 Å². The van der Waals surface area contributed by atoms with Crippen LogP contribution in [-0.2, 0) is 4.79 Å². The Kier molecular flexibility index (Phi) is 5.38. The molecule has 5 nitrogen and oxygen atoms in total. The van der Waals surface area contributed by atoms with Gasteiger partial charge in [0.2, 0.25) is 5.28 Å². The molecular weight excluding hydrogens is 356 g/mol. The largest absolute Gasteiger partial charge is 0.481 e. The molecule has 1 heterocycles. The van der Waals surface area contributed by atoms with Gasteiger partial charge >= 0.3 is 5.97 Å². The fraction of sp³-hybridized carbons (Fsp3) is 0.500. The van der Waals surface area contributed by atoms with Crippen LogP contribution in [0.5, 0.6) is 0 Å². The molecule has 0 aliphatic carbocycles. The summed E-state index contributed by atoms with van der Waals surface area (Å²) in [7, 11) is 0. The molecule has 94 valence electrons. The van der Waals surface area contributed by atoms with E-state index in [2.05, 4.69) is 37.9 Å². The Labute approximate surface area is 118 Å². The third-order valence-corrected chi connectivity index (χ3v) is 3.21. The zero-order valence-corrected chi connectivity index (χ0v) is 12.4. The van der Waals surface area contributed by atoms with E-state index in [9.17, 15) is 4.79 Å². The van der Waals surface area contributed by atoms with Gasteiger partial charge in [-0.25, -0.2) is 4.98 Å². The summed E-state index contributed by atoms with van der Waals surface area (Å²) in [5.41, 5.74) is 0. The summed E-state index contributed by atoms with van der Waals surface area (Å²) >= 11 is 7.78. The van der Waals surface area contributed by atoms with Crippen LogP contribution in [0.4, 0.5) is 5.82 Å². The molecule has 0 saturated heterocycles. The second-order valence-corrected chi connectivity index (χ2v) is 5.43. The van der Waals surface area contributed by atoms with E-state index in [1.54, 1.807) is 6.20 Å². The lowest BCUT2D eigenvalue weighted by atomic mass is 10.0. The zero-order valence-electron chi connectivity index (χ0n) is 9.44. The summed E-state index contributed by atoms with van der Waals surface area (Å²) in [6, 6.07) is -0.188. The molecule has 0 aliphatic rings. The van der Waals surface area contributed by atoms with Crippen molar-refractivity contribution < 1.29 is 9.90 Å². The van der Waals surface area contributed by atoms with Gasteiger partial charge in [0.15, 0.2) is 0 Å². The molecule has 1 unspecified atom stereocenters. The van der Waals surface area contributed by atoms with Crippen LogP contribution < -0.4 is 5.32 Å². The highest BCUT2D eigenvalue weighted by Gasteiger charge is 2.18. The van der Waals surface area contributed by atoms with Crippen LogP contribution >= 0.6 is 34.2 Å². The SMILES string of the molecule is CC(C)C(CC(=O)O)Nc1nc(Cl)ncc1I. The van der Waals surface area contributed by atoms with E-state index in [4.69, 9.17) is 16.7 Å². The van der Waals surface area contributed by atoms with Crippen molar-refractivity contribution in [3.8, 4) is 0 Å². The molecule has 0 saturated carbocycles. The van der Waals surface area contributed by atoms with Gasteiger partial charge in [0.05, 0.1) is 9.99 Å². The number of halogens is 2. The molecule has 7 heteroatoms. The van der Waals surface area contributed by atoms with E-state index in [-0.39, 0.29) is 23.7 Å². The van der Waals surface area contributed by atoms with Crippen molar-refractivity contribution >= 4 is 46.0 Å². The highest BCUT2D eigenvalue weighted by Crippen LogP contribution is 2.20. The van der Waals surface area contributed by atoms with Crippen molar-refractivity contribution in [3.63, 3.8) is 0 Å². The molecule has 2 N–H and O–H groups in total. The highest BCUT2D eigenvalue weighted by atomic mass is 127. The second kappa shape index (κ2) is 6.34. The predicted molar refractivity (Wildman–Crippen MR) is 74.3 cm³/mol. The van der Waals surface area contributed by atoms with Gasteiger partial charge in [0.1, 0.15) is 5.82 Å². The minimum Gasteiger partial charge on any atom is -0.481 e. The Morgan fingerprint density at radius 3 is 2.82 bits per heavy atom. The first-order valence-corrected chi connectivity index (χ1v) is 6.52. The highest BCUT2D eigenvalue weighted by molar-refractivity contribution is 14.1. The van der Waals surface area contributed by atoms with Crippen LogP contribution in [0, 0.1) is 9.49 Å². The Morgan fingerprint density at radius 1 is 1.65 bits per heavy atom. The minimum absolute atomic E-state index is 0.0371. The molecular formula is C10H13ClIN3O2. The van der Waals surface area contributed by atoms with Crippen molar-refractivity contribution in [2.24, 2.45) is 5.92 Å². The predicted octanol–water partition coefficient (Wildman–Crippen LogP) is 2.65. The lowest BCUT2D eigenvalue weighted by Crippen LogP contribution is -2.29. The number of aromatic nitrogens is 2. The molecule has 0 aliphatic heterocycles. The van der Waals surface area contributed by atoms with Gasteiger partial charge in [-0.2, -0.15) is 4.98 Å². The molecule has 0 radical (unpaired) electrons. The Balaban J connectivity index is 2.85. The van der Waals surface area contributed by atoms with Gasteiger partial charge in [-0.1, -0.05) is 13.8 Å². The monoisotopic (exact) mass is 369 g/mol. The van der Waals surface area contributed by atoms with E-state index in [0.29, 0.717) is 5.82 Å². The molecule has 1 rings (SSSR count). The molecule has 0 aromatic carbocycles. The van der Waals surface area contributed by atoms with Crippen LogP contribution in [0.25, 0.3) is 0 Å². The third-order valence-electron chi connectivity index (χ3n) is 2.24. The van der Waals surface area contributed by atoms with E-state index in [1.807, 2.05) is 13.8 Å². The Hall–Kier alpha value is -0.630. The number of nitrogens with zero attached hydrogens (tertiary/aromatic N) is 2. The molecule has 1 aromatic rings. The number of carboxylic acids is 1. The summed E-state index contributed by atoms with van der Waals surface area (Å²) < 4.78 is 0.808. The molecule has 1 atom stereocenters. The lowest BCUT2D eigenvalue weighted by molar-refractivity contribution is -0.137. The fourth-order valence-electron chi connectivity index (χ4n) is 1.26. The lowest BCUT2D eigenvalue weighted by Gasteiger charge is -2.21. The first-order chi connectivity index (χ1) is 7.90. The van der Waals surface area contributed by atoms with Crippen LogP contribution in [0.3, 0.4) is 0 Å². The van der Waals surface area contributed by atoms with Gasteiger partial charge in [-0.3, -0.25) is 4.79 Å². The maximum Gasteiger partial charge on any atom is 0.305 e. The van der Waals surface area contributed by atoms with Crippen molar-refractivity contribution in [1.82, 2.24) is 9.97 Å². The summed E-state index contributed by atoms with van der Waals surface area (Å²) in [6.45, 7) is 3.91. The number of nitrogens with one attached hydrogen (secondary N) is 1. The quantitative estimate of drug-likeness (QED) is 0.616. The maximum atomic E-state index is 10.8. The maximum absolute atomic E-state index is 10.8. The normalized spacial score (nSPS) is 12.5. The summed E-state index contributed by atoms with van der Waals surface area (Å²) in [5.74, 6) is -0.0902. The number of carboxylic acid groups (broad SMARTS) is 1. The van der Waals surface area contributed by atoms with Gasteiger partial charge < -0.3 is 10.4 Å². The zero-order chi connectivity index (χ0) is 13.0. The first kappa shape index (κ1) is 14.4. The van der Waals surface area contributed by atoms with E-state index >= 15 is 0 Å². The minimum atomic E-state index is -0.841. The van der Waals surface area contributed by atoms with Crippen LogP contribution in [0.15, 0.2) is 6.20 Å². The molecule has 0 bridgehead atoms. The number of rotatable bonds is 5. The van der Waals surface area contributed by atoms with Gasteiger partial charge in [-0.05, 0) is 40.1 Å². The Bertz CT molecular complexity index is 415. The summed E-state index contributed by atoms with van der Waals surface area (Å²) in [4.78, 5) is 18.6. The van der Waals surface area contributed by atoms with Crippen molar-refractivity contribution in [2.75, 3.05) is 5.32 Å². The topological polar surface area (TPSA) is 75.1 Å². The molecule has 0 fully saturated rings. The van der Waals surface area contributed by atoms with E-state index < -0.39 is 5.97 Å². The van der Waals surface area contributed by atoms with E-state index in [0.717, 1.165) is 3.57 Å². The average molecular weight is 370 g/mol. The molecule has 17 heavy (non-hydrogen) atoms. The smallest absolute Gasteiger partial charge is 0.305 e. The van der Waals surface area contributed by atoms with Crippen molar-refractivity contribution in [1.29, 1.82) is 0 Å². The summed E-state index contributed by atoms with van der Waals surface area (Å²) in [5, 5.41) is 12.1. The van der Waals surface area contributed by atoms with Crippen molar-refractivity contribution in [2.45, 2.75) is 26.3 Å². The standard InChI is InChI=1S/C10H13ClIN3O2/c1-5(2)7(3-8(16)17)14-9-6(12)4-13-10(11)15-9/h4-5,7H,3H2,1-2H3,(H,16,17)(H,13,14,15). The molecule has 1 aromatic heterocycles. The first-order valence-electron chi connectivity index (χ1n) is 5.06. The molecule has 0 spiro atoms. The fourth-order valence-corrected chi connectivity index (χ4v) is 1.81. The molecule has 0 amide bonds. The second-order valence-electron chi connectivity index (χ2n) is 3.93. The van der Waals surface area contributed by atoms with Gasteiger partial charge in [0, 0.05) is 12.2 Å². The van der Waals surface area contributed by atoms with Crippen LogP contribution in [0.1, 0.15) is 20.3 Å². The number of aliphatic carboxylic acids is 1.